The van der Waals surface area contributed by atoms with Crippen molar-refractivity contribution in [2.45, 2.75) is 18.2 Å². The molecule has 1 N–H and O–H groups in total. The van der Waals surface area contributed by atoms with Gasteiger partial charge in [-0.05, 0) is 48.6 Å². The van der Waals surface area contributed by atoms with E-state index in [1.165, 1.54) is 11.3 Å². The van der Waals surface area contributed by atoms with Crippen molar-refractivity contribution in [1.29, 1.82) is 0 Å². The quantitative estimate of drug-likeness (QED) is 0.419. The number of anilines is 1. The number of aromatic nitrogens is 3. The fourth-order valence-electron chi connectivity index (χ4n) is 3.74. The molecule has 8 nitrogen and oxygen atoms in total. The molecule has 0 bridgehead atoms. The van der Waals surface area contributed by atoms with Crippen LogP contribution in [0, 0.1) is 12.8 Å². The van der Waals surface area contributed by atoms with Gasteiger partial charge in [0.25, 0.3) is 10.0 Å². The van der Waals surface area contributed by atoms with Crippen molar-refractivity contribution in [3.8, 4) is 17.1 Å². The van der Waals surface area contributed by atoms with E-state index in [1.54, 1.807) is 48.2 Å². The predicted molar refractivity (Wildman–Crippen MR) is 127 cm³/mol. The Kier molecular flexibility index (Phi) is 5.96. The lowest BCUT2D eigenvalue weighted by Gasteiger charge is -2.15. The Morgan fingerprint density at radius 1 is 1.18 bits per heavy atom. The number of hydrogen-bond donors (Lipinski definition) is 1. The lowest BCUT2D eigenvalue weighted by atomic mass is 10.0. The SMILES string of the molecule is Cc1cnc(OC[C@@H]2CCOC2)c(-c2nccc3cc(S(=O)(=O)Nc4nccs4)ccc23)c1. The maximum atomic E-state index is 12.8. The average Bonchev–Trinajstić information content (AvgIpc) is 3.51. The van der Waals surface area contributed by atoms with Crippen LogP contribution in [0.25, 0.3) is 22.0 Å². The summed E-state index contributed by atoms with van der Waals surface area (Å²) >= 11 is 1.22. The summed E-state index contributed by atoms with van der Waals surface area (Å²) in [5.41, 5.74) is 2.45. The van der Waals surface area contributed by atoms with Gasteiger partial charge >= 0.3 is 0 Å². The van der Waals surface area contributed by atoms with Crippen LogP contribution in [0.5, 0.6) is 5.88 Å². The van der Waals surface area contributed by atoms with Gasteiger partial charge in [0, 0.05) is 41.9 Å². The van der Waals surface area contributed by atoms with E-state index in [1.807, 2.05) is 13.0 Å². The molecule has 10 heteroatoms. The molecule has 0 spiro atoms. The standard InChI is InChI=1S/C23H22N4O4S2/c1-15-10-20(22(26-12-15)31-14-16-5-8-30-13-16)21-19-3-2-18(11-17(19)4-6-24-21)33(28,29)27-23-25-7-9-32-23/h2-4,6-7,9-12,16H,5,8,13-14H2,1H3,(H,25,27)/t16-/m1/s1. The molecule has 3 aromatic heterocycles. The van der Waals surface area contributed by atoms with E-state index in [2.05, 4.69) is 19.7 Å². The first-order chi connectivity index (χ1) is 16.0. The zero-order chi connectivity index (χ0) is 22.8. The van der Waals surface area contributed by atoms with Gasteiger partial charge in [-0.1, -0.05) is 6.07 Å². The van der Waals surface area contributed by atoms with Crippen LogP contribution in [-0.4, -0.2) is 43.2 Å². The Morgan fingerprint density at radius 2 is 2.09 bits per heavy atom. The zero-order valence-electron chi connectivity index (χ0n) is 17.9. The van der Waals surface area contributed by atoms with Gasteiger partial charge in [0.1, 0.15) is 0 Å². The Hall–Kier alpha value is -3.08. The van der Waals surface area contributed by atoms with Gasteiger partial charge in [0.15, 0.2) is 5.13 Å². The topological polar surface area (TPSA) is 103 Å². The molecule has 0 saturated carbocycles. The van der Waals surface area contributed by atoms with E-state index in [0.717, 1.165) is 34.9 Å². The smallest absolute Gasteiger partial charge is 0.263 e. The van der Waals surface area contributed by atoms with E-state index in [4.69, 9.17) is 9.47 Å². The summed E-state index contributed by atoms with van der Waals surface area (Å²) in [7, 11) is -3.76. The van der Waals surface area contributed by atoms with Crippen LogP contribution in [0.2, 0.25) is 0 Å². The van der Waals surface area contributed by atoms with Crippen molar-refractivity contribution >= 4 is 37.3 Å². The Balaban J connectivity index is 1.51. The number of rotatable bonds is 7. The minimum absolute atomic E-state index is 0.155. The van der Waals surface area contributed by atoms with Crippen molar-refractivity contribution in [3.05, 3.63) is 59.9 Å². The molecule has 1 saturated heterocycles. The fraction of sp³-hybridized carbons (Fsp3) is 0.261. The molecule has 4 aromatic rings. The van der Waals surface area contributed by atoms with Crippen LogP contribution in [0.4, 0.5) is 5.13 Å². The monoisotopic (exact) mass is 482 g/mol. The van der Waals surface area contributed by atoms with Gasteiger partial charge in [0.05, 0.1) is 29.4 Å². The zero-order valence-corrected chi connectivity index (χ0v) is 19.5. The van der Waals surface area contributed by atoms with Crippen molar-refractivity contribution in [2.75, 3.05) is 24.5 Å². The van der Waals surface area contributed by atoms with E-state index in [0.29, 0.717) is 35.8 Å². The molecule has 1 aromatic carbocycles. The van der Waals surface area contributed by atoms with Gasteiger partial charge in [-0.3, -0.25) is 9.71 Å². The second-order valence-corrected chi connectivity index (χ2v) is 10.5. The Morgan fingerprint density at radius 3 is 2.88 bits per heavy atom. The van der Waals surface area contributed by atoms with Crippen molar-refractivity contribution in [2.24, 2.45) is 5.92 Å². The number of ether oxygens (including phenoxy) is 2. The molecule has 1 aliphatic heterocycles. The number of nitrogens with one attached hydrogen (secondary N) is 1. The average molecular weight is 483 g/mol. The first kappa shape index (κ1) is 21.7. The molecule has 4 heterocycles. The van der Waals surface area contributed by atoms with Crippen molar-refractivity contribution in [1.82, 2.24) is 15.0 Å². The molecule has 170 valence electrons. The first-order valence-corrected chi connectivity index (χ1v) is 12.8. The number of hydrogen-bond acceptors (Lipinski definition) is 8. The molecule has 1 aliphatic rings. The van der Waals surface area contributed by atoms with Crippen LogP contribution in [0.1, 0.15) is 12.0 Å². The molecule has 5 rings (SSSR count). The van der Waals surface area contributed by atoms with Crippen LogP contribution < -0.4 is 9.46 Å². The number of benzene rings is 1. The molecule has 0 radical (unpaired) electrons. The van der Waals surface area contributed by atoms with Crippen LogP contribution in [0.15, 0.2) is 59.2 Å². The van der Waals surface area contributed by atoms with Gasteiger partial charge in [0.2, 0.25) is 5.88 Å². The summed E-state index contributed by atoms with van der Waals surface area (Å²) in [5, 5.41) is 3.60. The van der Waals surface area contributed by atoms with Gasteiger partial charge < -0.3 is 9.47 Å². The highest BCUT2D eigenvalue weighted by molar-refractivity contribution is 7.93. The number of sulfonamides is 1. The molecule has 1 fully saturated rings. The minimum atomic E-state index is -3.76. The number of aryl methyl sites for hydroxylation is 1. The van der Waals surface area contributed by atoms with E-state index < -0.39 is 10.0 Å². The number of nitrogens with zero attached hydrogens (tertiary/aromatic N) is 3. The van der Waals surface area contributed by atoms with Gasteiger partial charge in [-0.25, -0.2) is 18.4 Å². The second-order valence-electron chi connectivity index (χ2n) is 7.89. The third kappa shape index (κ3) is 4.68. The summed E-state index contributed by atoms with van der Waals surface area (Å²) in [4.78, 5) is 13.3. The van der Waals surface area contributed by atoms with E-state index in [-0.39, 0.29) is 4.90 Å². The first-order valence-electron chi connectivity index (χ1n) is 10.5. The molecular weight excluding hydrogens is 460 g/mol. The summed E-state index contributed by atoms with van der Waals surface area (Å²) in [6.07, 6.45) is 5.96. The van der Waals surface area contributed by atoms with Gasteiger partial charge in [-0.15, -0.1) is 11.3 Å². The third-order valence-corrected chi connectivity index (χ3v) is 7.58. The second kappa shape index (κ2) is 9.05. The predicted octanol–water partition coefficient (Wildman–Crippen LogP) is 4.28. The molecule has 1 atom stereocenters. The van der Waals surface area contributed by atoms with E-state index in [9.17, 15) is 8.42 Å². The fourth-order valence-corrected chi connectivity index (χ4v) is 5.56. The highest BCUT2D eigenvalue weighted by Crippen LogP contribution is 2.34. The Labute approximate surface area is 195 Å². The van der Waals surface area contributed by atoms with Gasteiger partial charge in [-0.2, -0.15) is 0 Å². The molecule has 0 amide bonds. The highest BCUT2D eigenvalue weighted by Gasteiger charge is 2.20. The molecule has 0 aliphatic carbocycles. The largest absolute Gasteiger partial charge is 0.477 e. The Bertz CT molecular complexity index is 1390. The van der Waals surface area contributed by atoms with Crippen molar-refractivity contribution < 1.29 is 17.9 Å². The number of thiazole rings is 1. The lowest BCUT2D eigenvalue weighted by molar-refractivity contribution is 0.165. The highest BCUT2D eigenvalue weighted by atomic mass is 32.2. The summed E-state index contributed by atoms with van der Waals surface area (Å²) in [6, 6.07) is 8.76. The normalized spacial score (nSPS) is 16.2. The molecular formula is C23H22N4O4S2. The minimum Gasteiger partial charge on any atom is -0.477 e. The summed E-state index contributed by atoms with van der Waals surface area (Å²) in [6.45, 7) is 3.94. The maximum Gasteiger partial charge on any atom is 0.263 e. The number of pyridine rings is 2. The molecule has 33 heavy (non-hydrogen) atoms. The number of fused-ring (bicyclic) bond motifs is 1. The summed E-state index contributed by atoms with van der Waals surface area (Å²) < 4.78 is 39.6. The van der Waals surface area contributed by atoms with Crippen LogP contribution in [0.3, 0.4) is 0 Å². The third-order valence-electron chi connectivity index (χ3n) is 5.42. The summed E-state index contributed by atoms with van der Waals surface area (Å²) in [5.74, 6) is 0.856. The van der Waals surface area contributed by atoms with Crippen LogP contribution >= 0.6 is 11.3 Å². The molecule has 0 unspecified atom stereocenters. The van der Waals surface area contributed by atoms with Crippen LogP contribution in [-0.2, 0) is 14.8 Å². The van der Waals surface area contributed by atoms with Crippen molar-refractivity contribution in [3.63, 3.8) is 0 Å². The lowest BCUT2D eigenvalue weighted by Crippen LogP contribution is -2.13. The maximum absolute atomic E-state index is 12.8. The van der Waals surface area contributed by atoms with E-state index >= 15 is 0 Å².